The third-order valence-corrected chi connectivity index (χ3v) is 5.01. The Labute approximate surface area is 147 Å². The van der Waals surface area contributed by atoms with Crippen molar-refractivity contribution in [1.82, 2.24) is 0 Å². The smallest absolute Gasteiger partial charge is 0.334 e. The van der Waals surface area contributed by atoms with Crippen molar-refractivity contribution in [3.63, 3.8) is 0 Å². The zero-order chi connectivity index (χ0) is 18.2. The Kier molecular flexibility index (Phi) is 4.69. The molecule has 1 N–H and O–H groups in total. The van der Waals surface area contributed by atoms with Crippen LogP contribution in [0.25, 0.3) is 0 Å². The highest BCUT2D eigenvalue weighted by Gasteiger charge is 2.38. The van der Waals surface area contributed by atoms with E-state index in [1.54, 1.807) is 19.1 Å². The lowest BCUT2D eigenvalue weighted by molar-refractivity contribution is -0.139. The van der Waals surface area contributed by atoms with Gasteiger partial charge >= 0.3 is 11.9 Å². The second-order valence-corrected chi connectivity index (χ2v) is 7.36. The number of rotatable bonds is 0. The van der Waals surface area contributed by atoms with E-state index in [1.807, 2.05) is 19.1 Å². The Morgan fingerprint density at radius 2 is 2.00 bits per heavy atom. The van der Waals surface area contributed by atoms with Gasteiger partial charge in [-0.3, -0.25) is 0 Å². The van der Waals surface area contributed by atoms with Gasteiger partial charge in [0, 0.05) is 23.5 Å². The molecular weight excluding hydrogens is 320 g/mol. The quantitative estimate of drug-likeness (QED) is 0.416. The van der Waals surface area contributed by atoms with Crippen molar-refractivity contribution in [2.24, 2.45) is 5.92 Å². The molecule has 0 aromatic heterocycles. The van der Waals surface area contributed by atoms with Crippen molar-refractivity contribution >= 4 is 11.9 Å². The lowest BCUT2D eigenvalue weighted by Gasteiger charge is -2.23. The monoisotopic (exact) mass is 344 g/mol. The van der Waals surface area contributed by atoms with Crippen molar-refractivity contribution in [3.8, 4) is 0 Å². The molecule has 0 unspecified atom stereocenters. The molecule has 5 heteroatoms. The van der Waals surface area contributed by atoms with E-state index in [4.69, 9.17) is 9.47 Å². The third-order valence-electron chi connectivity index (χ3n) is 5.01. The molecule has 0 amide bonds. The van der Waals surface area contributed by atoms with Crippen LogP contribution in [0.5, 0.6) is 0 Å². The molecule has 1 aliphatic carbocycles. The molecule has 2 heterocycles. The topological polar surface area (TPSA) is 72.8 Å². The van der Waals surface area contributed by atoms with Crippen molar-refractivity contribution in [1.29, 1.82) is 0 Å². The second kappa shape index (κ2) is 6.64. The SMILES string of the molecule is C=C1C(=O)O[C@H]2C=C(C)C[C@@H]3C=C(CC=C[C@@](C)(O)CC[C@H]12)C(=O)O3. The number of fused-ring (bicyclic) bond motifs is 2. The first-order valence-electron chi connectivity index (χ1n) is 8.64. The summed E-state index contributed by atoms with van der Waals surface area (Å²) in [5.41, 5.74) is 1.03. The first kappa shape index (κ1) is 17.7. The lowest BCUT2D eigenvalue weighted by Crippen LogP contribution is -2.24. The van der Waals surface area contributed by atoms with Crippen LogP contribution in [0.15, 0.2) is 47.6 Å². The summed E-state index contributed by atoms with van der Waals surface area (Å²) in [6, 6.07) is 0. The molecule has 0 spiro atoms. The van der Waals surface area contributed by atoms with Gasteiger partial charge in [-0.25, -0.2) is 9.59 Å². The van der Waals surface area contributed by atoms with E-state index in [0.29, 0.717) is 36.8 Å². The van der Waals surface area contributed by atoms with Crippen LogP contribution < -0.4 is 0 Å². The number of hydrogen-bond acceptors (Lipinski definition) is 5. The fourth-order valence-electron chi connectivity index (χ4n) is 3.55. The molecule has 3 aliphatic rings. The van der Waals surface area contributed by atoms with Crippen molar-refractivity contribution in [2.45, 2.75) is 57.3 Å². The Balaban J connectivity index is 1.90. The van der Waals surface area contributed by atoms with E-state index >= 15 is 0 Å². The number of aliphatic hydroxyl groups is 1. The van der Waals surface area contributed by atoms with Crippen LogP contribution in [0.2, 0.25) is 0 Å². The Bertz CT molecular complexity index is 695. The van der Waals surface area contributed by atoms with Gasteiger partial charge in [0.2, 0.25) is 0 Å². The van der Waals surface area contributed by atoms with Crippen LogP contribution in [0, 0.1) is 5.92 Å². The molecular formula is C20H24O5. The van der Waals surface area contributed by atoms with Crippen molar-refractivity contribution < 1.29 is 24.2 Å². The first-order chi connectivity index (χ1) is 11.7. The number of carbonyl (C=O) groups is 2. The van der Waals surface area contributed by atoms with Gasteiger partial charge in [0.15, 0.2) is 0 Å². The van der Waals surface area contributed by atoms with E-state index in [0.717, 1.165) is 5.57 Å². The van der Waals surface area contributed by atoms with Gasteiger partial charge in [0.05, 0.1) is 5.60 Å². The molecule has 2 bridgehead atoms. The highest BCUT2D eigenvalue weighted by atomic mass is 16.6. The van der Waals surface area contributed by atoms with E-state index < -0.39 is 5.60 Å². The Hall–Kier alpha value is -2.14. The predicted octanol–water partition coefficient (Wildman–Crippen LogP) is 2.76. The highest BCUT2D eigenvalue weighted by Crippen LogP contribution is 2.35. The summed E-state index contributed by atoms with van der Waals surface area (Å²) < 4.78 is 10.8. The molecule has 3 rings (SSSR count). The summed E-state index contributed by atoms with van der Waals surface area (Å²) >= 11 is 0. The minimum Gasteiger partial charge on any atom is -0.454 e. The molecule has 4 atom stereocenters. The minimum absolute atomic E-state index is 0.150. The lowest BCUT2D eigenvalue weighted by atomic mass is 9.86. The normalized spacial score (nSPS) is 36.1. The molecule has 25 heavy (non-hydrogen) atoms. The van der Waals surface area contributed by atoms with Gasteiger partial charge in [-0.1, -0.05) is 24.3 Å². The molecule has 2 aliphatic heterocycles. The van der Waals surface area contributed by atoms with Crippen LogP contribution >= 0.6 is 0 Å². The molecule has 134 valence electrons. The zero-order valence-corrected chi connectivity index (χ0v) is 14.7. The summed E-state index contributed by atoms with van der Waals surface area (Å²) in [4.78, 5) is 23.9. The fourth-order valence-corrected chi connectivity index (χ4v) is 3.55. The molecule has 1 saturated heterocycles. The summed E-state index contributed by atoms with van der Waals surface area (Å²) in [5, 5.41) is 10.6. The largest absolute Gasteiger partial charge is 0.454 e. The maximum absolute atomic E-state index is 11.9. The van der Waals surface area contributed by atoms with E-state index in [9.17, 15) is 14.7 Å². The van der Waals surface area contributed by atoms with Crippen molar-refractivity contribution in [3.05, 3.63) is 47.6 Å². The van der Waals surface area contributed by atoms with Gasteiger partial charge in [0.1, 0.15) is 12.2 Å². The standard InChI is InChI=1S/C20H24O5/c1-12-9-15-11-14(19(22)24-15)5-4-7-20(3,23)8-6-16-13(2)18(21)25-17(16)10-12/h4,7,10-11,15-17,23H,2,5-6,8-9H2,1,3H3/t15-,16-,17+,20-/m1/s1. The molecule has 0 radical (unpaired) electrons. The van der Waals surface area contributed by atoms with Crippen LogP contribution in [0.4, 0.5) is 0 Å². The zero-order valence-electron chi connectivity index (χ0n) is 14.7. The Morgan fingerprint density at radius 1 is 1.24 bits per heavy atom. The number of ether oxygens (including phenoxy) is 2. The third kappa shape index (κ3) is 3.93. The average molecular weight is 344 g/mol. The number of allylic oxidation sites excluding steroid dienone is 1. The van der Waals surface area contributed by atoms with Gasteiger partial charge in [0.25, 0.3) is 0 Å². The summed E-state index contributed by atoms with van der Waals surface area (Å²) in [5.74, 6) is -0.842. The molecule has 0 saturated carbocycles. The van der Waals surface area contributed by atoms with E-state index in [1.165, 1.54) is 0 Å². The maximum atomic E-state index is 11.9. The number of esters is 2. The second-order valence-electron chi connectivity index (χ2n) is 7.36. The number of carbonyl (C=O) groups excluding carboxylic acids is 2. The fraction of sp³-hybridized carbons (Fsp3) is 0.500. The van der Waals surface area contributed by atoms with Gasteiger partial charge < -0.3 is 14.6 Å². The maximum Gasteiger partial charge on any atom is 0.334 e. The van der Waals surface area contributed by atoms with Gasteiger partial charge in [-0.15, -0.1) is 0 Å². The molecule has 5 nitrogen and oxygen atoms in total. The molecule has 0 aromatic rings. The van der Waals surface area contributed by atoms with E-state index in [-0.39, 0.29) is 30.1 Å². The van der Waals surface area contributed by atoms with Crippen molar-refractivity contribution in [2.75, 3.05) is 0 Å². The van der Waals surface area contributed by atoms with Crippen LogP contribution in [0.1, 0.15) is 39.5 Å². The average Bonchev–Trinajstić information content (AvgIpc) is 2.97. The summed E-state index contributed by atoms with van der Waals surface area (Å²) in [6.45, 7) is 7.52. The molecule has 1 fully saturated rings. The van der Waals surface area contributed by atoms with Crippen LogP contribution in [-0.2, 0) is 19.1 Å². The van der Waals surface area contributed by atoms with Crippen LogP contribution in [-0.4, -0.2) is 34.9 Å². The first-order valence-corrected chi connectivity index (χ1v) is 8.64. The number of hydrogen-bond donors (Lipinski definition) is 1. The summed E-state index contributed by atoms with van der Waals surface area (Å²) in [6.07, 6.45) is 8.65. The minimum atomic E-state index is -1.03. The van der Waals surface area contributed by atoms with E-state index in [2.05, 4.69) is 6.58 Å². The highest BCUT2D eigenvalue weighted by molar-refractivity contribution is 5.91. The summed E-state index contributed by atoms with van der Waals surface area (Å²) in [7, 11) is 0. The molecule has 0 aromatic carbocycles. The van der Waals surface area contributed by atoms with Gasteiger partial charge in [-0.2, -0.15) is 0 Å². The van der Waals surface area contributed by atoms with Crippen LogP contribution in [0.3, 0.4) is 0 Å². The van der Waals surface area contributed by atoms with Gasteiger partial charge in [-0.05, 0) is 45.3 Å². The Morgan fingerprint density at radius 3 is 2.76 bits per heavy atom. The predicted molar refractivity (Wildman–Crippen MR) is 92.5 cm³/mol.